The monoisotopic (exact) mass is 570 g/mol. The second-order valence-corrected chi connectivity index (χ2v) is 10.8. The number of fused-ring (bicyclic) bond motifs is 4. The van der Waals surface area contributed by atoms with E-state index in [2.05, 4.69) is 10.3 Å². The van der Waals surface area contributed by atoms with Crippen LogP contribution in [0, 0.1) is 0 Å². The molecule has 1 aromatic heterocycles. The highest BCUT2D eigenvalue weighted by Gasteiger charge is 2.53. The quantitative estimate of drug-likeness (QED) is 0.248. The maximum absolute atomic E-state index is 14.3. The molecule has 8 nitrogen and oxygen atoms in total. The lowest BCUT2D eigenvalue weighted by Crippen LogP contribution is -2.44. The standard InChI is InChI=1S/C35H30N4O4/c1-43-24-17-15-22(16-18-24)19-20-36-33(40)26-12-6-8-14-29(26)39-34(41)30-21-27-25-11-5-7-13-28(25)37-31(27)32(38(30)35(39)42)23-9-3-2-4-10-23/h2-18,30,32,37H,19-21H2,1H3,(H,36,40). The highest BCUT2D eigenvalue weighted by Crippen LogP contribution is 2.45. The maximum Gasteiger partial charge on any atom is 0.332 e. The van der Waals surface area contributed by atoms with Crippen LogP contribution in [0.1, 0.15) is 38.8 Å². The normalized spacial score (nSPS) is 17.6. The molecule has 0 spiro atoms. The molecule has 3 heterocycles. The zero-order chi connectivity index (χ0) is 29.5. The Balaban J connectivity index is 1.20. The van der Waals surface area contributed by atoms with Crippen LogP contribution in [0.4, 0.5) is 10.5 Å². The molecule has 4 aromatic carbocycles. The number of anilines is 1. The molecule has 5 aromatic rings. The Labute approximate surface area is 248 Å². The number of nitrogens with one attached hydrogen (secondary N) is 2. The molecule has 0 saturated carbocycles. The van der Waals surface area contributed by atoms with Crippen LogP contribution in [0.2, 0.25) is 0 Å². The first-order chi connectivity index (χ1) is 21.0. The van der Waals surface area contributed by atoms with Gasteiger partial charge in [-0.15, -0.1) is 0 Å². The SMILES string of the molecule is COc1ccc(CCNC(=O)c2ccccc2N2C(=O)C3Cc4c([nH]c5ccccc45)C(c4ccccc4)N3C2=O)cc1. The number of benzene rings is 4. The Bertz CT molecular complexity index is 1850. The minimum Gasteiger partial charge on any atom is -0.497 e. The second-order valence-electron chi connectivity index (χ2n) is 10.8. The van der Waals surface area contributed by atoms with Crippen molar-refractivity contribution in [2.45, 2.75) is 24.9 Å². The summed E-state index contributed by atoms with van der Waals surface area (Å²) >= 11 is 0. The van der Waals surface area contributed by atoms with Crippen LogP contribution in [0.15, 0.2) is 103 Å². The van der Waals surface area contributed by atoms with Crippen LogP contribution in [-0.4, -0.2) is 47.4 Å². The summed E-state index contributed by atoms with van der Waals surface area (Å²) in [6, 6.07) is 30.7. The summed E-state index contributed by atoms with van der Waals surface area (Å²) in [5.41, 5.74) is 5.46. The molecule has 214 valence electrons. The number of imide groups is 1. The Morgan fingerprint density at radius 3 is 2.42 bits per heavy atom. The van der Waals surface area contributed by atoms with Crippen molar-refractivity contribution in [1.29, 1.82) is 0 Å². The Morgan fingerprint density at radius 1 is 0.907 bits per heavy atom. The maximum atomic E-state index is 14.3. The number of carbonyl (C=O) groups excluding carboxylic acids is 3. The number of aromatic amines is 1. The molecule has 0 aliphatic carbocycles. The molecule has 2 N–H and O–H groups in total. The molecule has 1 saturated heterocycles. The lowest BCUT2D eigenvalue weighted by atomic mass is 9.89. The number of methoxy groups -OCH3 is 1. The van der Waals surface area contributed by atoms with Crippen LogP contribution in [0.5, 0.6) is 5.75 Å². The second kappa shape index (κ2) is 10.8. The van der Waals surface area contributed by atoms with E-state index in [0.29, 0.717) is 19.4 Å². The average molecular weight is 571 g/mol. The number of H-pyrrole nitrogens is 1. The zero-order valence-electron chi connectivity index (χ0n) is 23.6. The van der Waals surface area contributed by atoms with Crippen molar-refractivity contribution < 1.29 is 19.1 Å². The largest absolute Gasteiger partial charge is 0.497 e. The first kappa shape index (κ1) is 26.5. The van der Waals surface area contributed by atoms with E-state index in [1.807, 2.05) is 78.9 Å². The Kier molecular flexibility index (Phi) is 6.66. The van der Waals surface area contributed by atoms with Gasteiger partial charge < -0.3 is 15.0 Å². The lowest BCUT2D eigenvalue weighted by molar-refractivity contribution is -0.120. The van der Waals surface area contributed by atoms with E-state index in [1.165, 1.54) is 4.90 Å². The van der Waals surface area contributed by atoms with E-state index in [4.69, 9.17) is 4.74 Å². The number of urea groups is 1. The molecule has 2 unspecified atom stereocenters. The molecule has 2 atom stereocenters. The van der Waals surface area contributed by atoms with Crippen molar-refractivity contribution in [2.24, 2.45) is 0 Å². The van der Waals surface area contributed by atoms with Crippen molar-refractivity contribution in [2.75, 3.05) is 18.6 Å². The van der Waals surface area contributed by atoms with Gasteiger partial charge in [-0.05, 0) is 53.4 Å². The van der Waals surface area contributed by atoms with Crippen LogP contribution in [0.25, 0.3) is 10.9 Å². The van der Waals surface area contributed by atoms with Gasteiger partial charge in [0.2, 0.25) is 0 Å². The molecule has 7 rings (SSSR count). The van der Waals surface area contributed by atoms with Gasteiger partial charge in [-0.3, -0.25) is 14.5 Å². The predicted molar refractivity (Wildman–Crippen MR) is 164 cm³/mol. The van der Waals surface area contributed by atoms with E-state index in [9.17, 15) is 14.4 Å². The molecule has 1 fully saturated rings. The van der Waals surface area contributed by atoms with Crippen molar-refractivity contribution in [3.8, 4) is 5.75 Å². The fourth-order valence-corrected chi connectivity index (χ4v) is 6.35. The van der Waals surface area contributed by atoms with E-state index < -0.39 is 18.1 Å². The topological polar surface area (TPSA) is 94.7 Å². The third-order valence-corrected chi connectivity index (χ3v) is 8.41. The van der Waals surface area contributed by atoms with Gasteiger partial charge in [-0.25, -0.2) is 9.69 Å². The van der Waals surface area contributed by atoms with Crippen LogP contribution >= 0.6 is 0 Å². The third kappa shape index (κ3) is 4.52. The number of para-hydroxylation sites is 2. The average Bonchev–Trinajstić information content (AvgIpc) is 3.54. The van der Waals surface area contributed by atoms with Gasteiger partial charge in [0.1, 0.15) is 17.8 Å². The minimum absolute atomic E-state index is 0.277. The number of ether oxygens (including phenoxy) is 1. The molecule has 43 heavy (non-hydrogen) atoms. The number of hydrogen-bond donors (Lipinski definition) is 2. The molecular formula is C35H30N4O4. The molecular weight excluding hydrogens is 540 g/mol. The van der Waals surface area contributed by atoms with E-state index in [1.54, 1.807) is 36.3 Å². The van der Waals surface area contributed by atoms with Crippen molar-refractivity contribution in [3.63, 3.8) is 0 Å². The van der Waals surface area contributed by atoms with E-state index in [-0.39, 0.29) is 23.1 Å². The molecule has 2 aliphatic rings. The zero-order valence-corrected chi connectivity index (χ0v) is 23.6. The fourth-order valence-electron chi connectivity index (χ4n) is 6.35. The molecule has 8 heteroatoms. The number of amides is 4. The van der Waals surface area contributed by atoms with Crippen LogP contribution in [0.3, 0.4) is 0 Å². The summed E-state index contributed by atoms with van der Waals surface area (Å²) in [6.07, 6.45) is 1.01. The number of nitrogens with zero attached hydrogens (tertiary/aromatic N) is 2. The number of carbonyl (C=O) groups is 3. The molecule has 4 amide bonds. The van der Waals surface area contributed by atoms with Crippen LogP contribution in [-0.2, 0) is 17.6 Å². The third-order valence-electron chi connectivity index (χ3n) is 8.41. The van der Waals surface area contributed by atoms with Crippen molar-refractivity contribution in [3.05, 3.63) is 131 Å². The molecule has 0 radical (unpaired) electrons. The predicted octanol–water partition coefficient (Wildman–Crippen LogP) is 5.63. The van der Waals surface area contributed by atoms with Gasteiger partial charge in [0.05, 0.1) is 18.4 Å². The van der Waals surface area contributed by atoms with Crippen LogP contribution < -0.4 is 15.0 Å². The van der Waals surface area contributed by atoms with Crippen molar-refractivity contribution >= 4 is 34.4 Å². The van der Waals surface area contributed by atoms with E-state index >= 15 is 0 Å². The summed E-state index contributed by atoms with van der Waals surface area (Å²) in [5, 5.41) is 4.01. The smallest absolute Gasteiger partial charge is 0.332 e. The molecule has 2 aliphatic heterocycles. The lowest BCUT2D eigenvalue weighted by Gasteiger charge is -2.36. The van der Waals surface area contributed by atoms with E-state index in [0.717, 1.165) is 39.0 Å². The number of aromatic nitrogens is 1. The van der Waals surface area contributed by atoms with Gasteiger partial charge in [0, 0.05) is 29.6 Å². The van der Waals surface area contributed by atoms with Gasteiger partial charge in [-0.1, -0.05) is 72.8 Å². The van der Waals surface area contributed by atoms with Gasteiger partial charge in [0.25, 0.3) is 11.8 Å². The summed E-state index contributed by atoms with van der Waals surface area (Å²) in [7, 11) is 1.62. The highest BCUT2D eigenvalue weighted by molar-refractivity contribution is 6.24. The van der Waals surface area contributed by atoms with Gasteiger partial charge >= 0.3 is 6.03 Å². The Morgan fingerprint density at radius 2 is 1.63 bits per heavy atom. The minimum atomic E-state index is -0.699. The Hall–Kier alpha value is -5.37. The number of hydrogen-bond acceptors (Lipinski definition) is 4. The summed E-state index contributed by atoms with van der Waals surface area (Å²) in [5.74, 6) is 0.0960. The summed E-state index contributed by atoms with van der Waals surface area (Å²) in [6.45, 7) is 0.397. The van der Waals surface area contributed by atoms with Gasteiger partial charge in [0.15, 0.2) is 0 Å². The summed E-state index contributed by atoms with van der Waals surface area (Å²) in [4.78, 5) is 48.2. The number of rotatable bonds is 7. The first-order valence-corrected chi connectivity index (χ1v) is 14.4. The van der Waals surface area contributed by atoms with Crippen molar-refractivity contribution in [1.82, 2.24) is 15.2 Å². The fraction of sp³-hybridized carbons (Fsp3) is 0.171. The molecule has 0 bridgehead atoms. The highest BCUT2D eigenvalue weighted by atomic mass is 16.5. The summed E-state index contributed by atoms with van der Waals surface area (Å²) < 4.78 is 5.21. The van der Waals surface area contributed by atoms with Gasteiger partial charge in [-0.2, -0.15) is 0 Å². The first-order valence-electron chi connectivity index (χ1n) is 14.4.